The molecule has 0 bridgehead atoms. The smallest absolute Gasteiger partial charge is 0.00528 e. The van der Waals surface area contributed by atoms with E-state index in [0.29, 0.717) is 11.8 Å². The maximum atomic E-state index is 2.50. The number of allylic oxidation sites excluding steroid dienone is 14. The summed E-state index contributed by atoms with van der Waals surface area (Å²) in [7, 11) is 0. The monoisotopic (exact) mass is 302 g/mol. The number of hydrogen-bond acceptors (Lipinski definition) is 0. The van der Waals surface area contributed by atoms with Crippen molar-refractivity contribution < 1.29 is 0 Å². The molecule has 0 radical (unpaired) electrons. The Hall–Kier alpha value is -1.82. The molecule has 0 aromatic rings. The predicted molar refractivity (Wildman–Crippen MR) is 99.0 cm³/mol. The molecule has 0 saturated heterocycles. The fourth-order valence-electron chi connectivity index (χ4n) is 4.54. The first-order chi connectivity index (χ1) is 11.3. The van der Waals surface area contributed by atoms with Crippen molar-refractivity contribution in [2.45, 2.75) is 39.0 Å². The molecule has 0 aliphatic heterocycles. The topological polar surface area (TPSA) is 0 Å². The molecule has 0 amide bonds. The van der Waals surface area contributed by atoms with Crippen LogP contribution in [0.25, 0.3) is 0 Å². The Morgan fingerprint density at radius 1 is 1.17 bits per heavy atom. The molecule has 0 nitrogen and oxygen atoms in total. The summed E-state index contributed by atoms with van der Waals surface area (Å²) in [5.74, 6) is 2.02. The molecule has 0 aromatic carbocycles. The summed E-state index contributed by atoms with van der Waals surface area (Å²) in [6.45, 7) is 2.43. The lowest BCUT2D eigenvalue weighted by atomic mass is 9.65. The summed E-state index contributed by atoms with van der Waals surface area (Å²) in [5, 5.41) is 0. The van der Waals surface area contributed by atoms with Gasteiger partial charge in [-0.15, -0.1) is 0 Å². The molecule has 0 spiro atoms. The molecular formula is C23H26. The summed E-state index contributed by atoms with van der Waals surface area (Å²) < 4.78 is 0. The summed E-state index contributed by atoms with van der Waals surface area (Å²) in [4.78, 5) is 0. The molecule has 4 aliphatic carbocycles. The molecule has 118 valence electrons. The Morgan fingerprint density at radius 2 is 2.13 bits per heavy atom. The molecule has 0 heterocycles. The van der Waals surface area contributed by atoms with Gasteiger partial charge in [0.15, 0.2) is 0 Å². The zero-order valence-corrected chi connectivity index (χ0v) is 14.0. The first-order valence-corrected chi connectivity index (χ1v) is 9.12. The van der Waals surface area contributed by atoms with Crippen LogP contribution in [-0.2, 0) is 0 Å². The van der Waals surface area contributed by atoms with Gasteiger partial charge in [-0.3, -0.25) is 0 Å². The third-order valence-corrected chi connectivity index (χ3v) is 5.75. The normalized spacial score (nSPS) is 32.1. The molecule has 23 heavy (non-hydrogen) atoms. The summed E-state index contributed by atoms with van der Waals surface area (Å²) in [5.41, 5.74) is 6.36. The molecule has 0 heteroatoms. The molecule has 0 aromatic heterocycles. The van der Waals surface area contributed by atoms with E-state index < -0.39 is 0 Å². The second-order valence-electron chi connectivity index (χ2n) is 7.32. The average Bonchev–Trinajstić information content (AvgIpc) is 2.60. The van der Waals surface area contributed by atoms with Gasteiger partial charge in [-0.05, 0) is 55.1 Å². The van der Waals surface area contributed by atoms with Crippen LogP contribution in [0.5, 0.6) is 0 Å². The van der Waals surface area contributed by atoms with Crippen LogP contribution in [0, 0.1) is 17.8 Å². The third kappa shape index (κ3) is 2.87. The molecule has 0 fully saturated rings. The predicted octanol–water partition coefficient (Wildman–Crippen LogP) is 6.23. The van der Waals surface area contributed by atoms with Gasteiger partial charge in [0.1, 0.15) is 0 Å². The van der Waals surface area contributed by atoms with Gasteiger partial charge in [-0.25, -0.2) is 0 Å². The lowest BCUT2D eigenvalue weighted by Crippen LogP contribution is -2.27. The fourth-order valence-corrected chi connectivity index (χ4v) is 4.54. The van der Waals surface area contributed by atoms with Crippen molar-refractivity contribution in [3.63, 3.8) is 0 Å². The Bertz CT molecular complexity index is 688. The molecular weight excluding hydrogens is 276 g/mol. The van der Waals surface area contributed by atoms with Crippen LogP contribution in [0.1, 0.15) is 39.0 Å². The van der Waals surface area contributed by atoms with Crippen molar-refractivity contribution in [2.24, 2.45) is 17.8 Å². The van der Waals surface area contributed by atoms with Gasteiger partial charge < -0.3 is 0 Å². The molecule has 3 unspecified atom stereocenters. The Kier molecular flexibility index (Phi) is 4.08. The van der Waals surface area contributed by atoms with Gasteiger partial charge in [-0.2, -0.15) is 0 Å². The highest BCUT2D eigenvalue weighted by molar-refractivity contribution is 5.55. The Labute approximate surface area is 140 Å². The van der Waals surface area contributed by atoms with E-state index in [-0.39, 0.29) is 0 Å². The third-order valence-electron chi connectivity index (χ3n) is 5.75. The van der Waals surface area contributed by atoms with Gasteiger partial charge in [0.05, 0.1) is 0 Å². The molecule has 4 rings (SSSR count). The largest absolute Gasteiger partial charge is 0.0842 e. The minimum Gasteiger partial charge on any atom is -0.0842 e. The van der Waals surface area contributed by atoms with Gasteiger partial charge in [0.25, 0.3) is 0 Å². The van der Waals surface area contributed by atoms with Gasteiger partial charge >= 0.3 is 0 Å². The maximum Gasteiger partial charge on any atom is 0.00528 e. The van der Waals surface area contributed by atoms with Gasteiger partial charge in [-0.1, -0.05) is 78.8 Å². The van der Waals surface area contributed by atoms with Crippen LogP contribution in [0.15, 0.2) is 83.1 Å². The van der Waals surface area contributed by atoms with Crippen LogP contribution in [0.3, 0.4) is 0 Å². The maximum absolute atomic E-state index is 2.50. The summed E-state index contributed by atoms with van der Waals surface area (Å²) in [6, 6.07) is 0. The molecule has 4 aliphatic rings. The van der Waals surface area contributed by atoms with E-state index in [9.17, 15) is 0 Å². The Morgan fingerprint density at radius 3 is 3.00 bits per heavy atom. The minimum absolute atomic E-state index is 0.635. The van der Waals surface area contributed by atoms with Crippen molar-refractivity contribution in [1.29, 1.82) is 0 Å². The second-order valence-corrected chi connectivity index (χ2v) is 7.32. The van der Waals surface area contributed by atoms with E-state index in [0.717, 1.165) is 18.8 Å². The van der Waals surface area contributed by atoms with E-state index in [1.165, 1.54) is 24.8 Å². The first kappa shape index (κ1) is 14.8. The van der Waals surface area contributed by atoms with Gasteiger partial charge in [0.2, 0.25) is 0 Å². The lowest BCUT2D eigenvalue weighted by Gasteiger charge is -2.39. The highest BCUT2D eigenvalue weighted by Crippen LogP contribution is 2.47. The molecule has 0 saturated carbocycles. The van der Waals surface area contributed by atoms with Crippen molar-refractivity contribution in [3.8, 4) is 0 Å². The first-order valence-electron chi connectivity index (χ1n) is 9.12. The molecule has 3 atom stereocenters. The van der Waals surface area contributed by atoms with Gasteiger partial charge in [0, 0.05) is 5.92 Å². The zero-order chi connectivity index (χ0) is 15.6. The van der Waals surface area contributed by atoms with Crippen molar-refractivity contribution in [3.05, 3.63) is 83.1 Å². The summed E-state index contributed by atoms with van der Waals surface area (Å²) >= 11 is 0. The van der Waals surface area contributed by atoms with E-state index in [4.69, 9.17) is 0 Å². The van der Waals surface area contributed by atoms with Crippen LogP contribution in [0.4, 0.5) is 0 Å². The highest BCUT2D eigenvalue weighted by Gasteiger charge is 2.34. The number of rotatable bonds is 3. The van der Waals surface area contributed by atoms with Crippen LogP contribution in [-0.4, -0.2) is 0 Å². The molecule has 0 N–H and O–H groups in total. The standard InChI is InChI=1S/C23H26/c1-17-16-20(13-5-10-18-8-3-2-4-9-18)22-15-7-12-19-11-6-14-21(17)23(19)22/h2-3,5-8,11-14,17,20-21H,4,9-10,15-16H2,1H3. The van der Waals surface area contributed by atoms with Crippen LogP contribution in [0.2, 0.25) is 0 Å². The van der Waals surface area contributed by atoms with Crippen molar-refractivity contribution >= 4 is 0 Å². The van der Waals surface area contributed by atoms with E-state index >= 15 is 0 Å². The zero-order valence-electron chi connectivity index (χ0n) is 14.0. The van der Waals surface area contributed by atoms with E-state index in [1.807, 2.05) is 0 Å². The van der Waals surface area contributed by atoms with Crippen molar-refractivity contribution in [2.75, 3.05) is 0 Å². The van der Waals surface area contributed by atoms with E-state index in [2.05, 4.69) is 67.7 Å². The SMILES string of the molecule is CC1CC(C=CCC2=CC=CCC2)C2=C3C(=CC=CC31)C=CC2. The van der Waals surface area contributed by atoms with Crippen LogP contribution >= 0.6 is 0 Å². The summed E-state index contributed by atoms with van der Waals surface area (Å²) in [6.07, 6.45) is 29.4. The van der Waals surface area contributed by atoms with Crippen molar-refractivity contribution in [1.82, 2.24) is 0 Å². The quantitative estimate of drug-likeness (QED) is 0.542. The number of hydrogen-bond donors (Lipinski definition) is 0. The van der Waals surface area contributed by atoms with E-state index in [1.54, 1.807) is 16.7 Å². The highest BCUT2D eigenvalue weighted by atomic mass is 14.4. The minimum atomic E-state index is 0.635. The fraction of sp³-hybridized carbons (Fsp3) is 0.391. The van der Waals surface area contributed by atoms with Crippen LogP contribution < -0.4 is 0 Å². The second kappa shape index (κ2) is 6.35. The average molecular weight is 302 g/mol. The lowest BCUT2D eigenvalue weighted by molar-refractivity contribution is 0.373. The Balaban J connectivity index is 1.56.